The largest absolute Gasteiger partial charge is 0.366 e. The van der Waals surface area contributed by atoms with Crippen LogP contribution < -0.4 is 11.1 Å². The van der Waals surface area contributed by atoms with Crippen LogP contribution in [0, 0.1) is 0 Å². The molecule has 0 aromatic carbocycles. The Kier molecular flexibility index (Phi) is 3.28. The van der Waals surface area contributed by atoms with Crippen molar-refractivity contribution in [2.24, 2.45) is 0 Å². The molecule has 2 aromatic rings. The number of amides is 1. The number of H-pyrrole nitrogens is 1. The number of carbonyl (C=O) groups is 1. The first-order valence-corrected chi connectivity index (χ1v) is 5.06. The van der Waals surface area contributed by atoms with E-state index in [0.29, 0.717) is 13.1 Å². The van der Waals surface area contributed by atoms with E-state index in [-0.39, 0.29) is 17.7 Å². The SMILES string of the molecule is Nc1n[nH]c(C(=O)NCCCn2ccnn2)n1. The van der Waals surface area contributed by atoms with Gasteiger partial charge in [0.2, 0.25) is 11.8 Å². The van der Waals surface area contributed by atoms with Gasteiger partial charge in [0.25, 0.3) is 5.91 Å². The Morgan fingerprint density at radius 1 is 1.59 bits per heavy atom. The van der Waals surface area contributed by atoms with Gasteiger partial charge in [0.1, 0.15) is 0 Å². The Hall–Kier alpha value is -2.45. The van der Waals surface area contributed by atoms with Gasteiger partial charge in [-0.3, -0.25) is 14.6 Å². The second kappa shape index (κ2) is 5.05. The molecule has 17 heavy (non-hydrogen) atoms. The minimum absolute atomic E-state index is 0.0535. The van der Waals surface area contributed by atoms with Gasteiger partial charge in [-0.05, 0) is 6.42 Å². The maximum atomic E-state index is 11.5. The van der Waals surface area contributed by atoms with Gasteiger partial charge in [-0.2, -0.15) is 4.98 Å². The summed E-state index contributed by atoms with van der Waals surface area (Å²) in [5, 5.41) is 16.2. The lowest BCUT2D eigenvalue weighted by Crippen LogP contribution is -2.26. The van der Waals surface area contributed by atoms with Crippen LogP contribution in [0.1, 0.15) is 17.0 Å². The maximum absolute atomic E-state index is 11.5. The van der Waals surface area contributed by atoms with Gasteiger partial charge in [0.15, 0.2) is 0 Å². The van der Waals surface area contributed by atoms with E-state index in [0.717, 1.165) is 6.42 Å². The third kappa shape index (κ3) is 3.00. The molecule has 0 aliphatic carbocycles. The average molecular weight is 236 g/mol. The number of carbonyl (C=O) groups excluding carboxylic acids is 1. The summed E-state index contributed by atoms with van der Waals surface area (Å²) in [6.07, 6.45) is 4.12. The highest BCUT2D eigenvalue weighted by molar-refractivity contribution is 5.90. The Labute approximate surface area is 96.4 Å². The molecule has 90 valence electrons. The van der Waals surface area contributed by atoms with E-state index in [9.17, 15) is 4.79 Å². The third-order valence-corrected chi connectivity index (χ3v) is 2.04. The monoisotopic (exact) mass is 236 g/mol. The average Bonchev–Trinajstić information content (AvgIpc) is 2.95. The van der Waals surface area contributed by atoms with E-state index in [1.807, 2.05) is 0 Å². The molecule has 2 aromatic heterocycles. The lowest BCUT2D eigenvalue weighted by molar-refractivity contribution is 0.0942. The molecule has 0 unspecified atom stereocenters. The molecule has 0 atom stereocenters. The summed E-state index contributed by atoms with van der Waals surface area (Å²) in [7, 11) is 0. The fourth-order valence-electron chi connectivity index (χ4n) is 1.26. The third-order valence-electron chi connectivity index (χ3n) is 2.04. The quantitative estimate of drug-likeness (QED) is 0.559. The van der Waals surface area contributed by atoms with Crippen molar-refractivity contribution >= 4 is 11.9 Å². The van der Waals surface area contributed by atoms with Crippen molar-refractivity contribution in [3.8, 4) is 0 Å². The number of aryl methyl sites for hydroxylation is 1. The standard InChI is InChI=1S/C8H12N8O/c9-8-12-6(13-14-8)7(17)10-2-1-4-16-5-3-11-15-16/h3,5H,1-2,4H2,(H,10,17)(H3,9,12,13,14). The van der Waals surface area contributed by atoms with Gasteiger partial charge in [0, 0.05) is 19.3 Å². The minimum Gasteiger partial charge on any atom is -0.366 e. The summed E-state index contributed by atoms with van der Waals surface area (Å²) in [5.74, 6) is -0.159. The Bertz CT molecular complexity index is 475. The molecular formula is C8H12N8O. The van der Waals surface area contributed by atoms with Gasteiger partial charge in [-0.25, -0.2) is 0 Å². The highest BCUT2D eigenvalue weighted by Gasteiger charge is 2.09. The molecule has 0 aliphatic heterocycles. The van der Waals surface area contributed by atoms with Crippen molar-refractivity contribution in [1.82, 2.24) is 35.5 Å². The van der Waals surface area contributed by atoms with Crippen molar-refractivity contribution < 1.29 is 4.79 Å². The van der Waals surface area contributed by atoms with E-state index in [1.54, 1.807) is 17.1 Å². The number of rotatable bonds is 5. The summed E-state index contributed by atoms with van der Waals surface area (Å²) in [5.41, 5.74) is 5.28. The molecule has 2 rings (SSSR count). The first-order valence-electron chi connectivity index (χ1n) is 5.06. The molecule has 4 N–H and O–H groups in total. The molecule has 2 heterocycles. The van der Waals surface area contributed by atoms with Crippen molar-refractivity contribution in [1.29, 1.82) is 0 Å². The molecule has 1 amide bonds. The smallest absolute Gasteiger partial charge is 0.288 e. The molecular weight excluding hydrogens is 224 g/mol. The van der Waals surface area contributed by atoms with Crippen LogP contribution >= 0.6 is 0 Å². The second-order valence-corrected chi connectivity index (χ2v) is 3.32. The van der Waals surface area contributed by atoms with E-state index in [2.05, 4.69) is 30.8 Å². The van der Waals surface area contributed by atoms with Crippen LogP contribution in [0.25, 0.3) is 0 Å². The van der Waals surface area contributed by atoms with Crippen molar-refractivity contribution in [2.75, 3.05) is 12.3 Å². The zero-order chi connectivity index (χ0) is 12.1. The summed E-state index contributed by atoms with van der Waals surface area (Å²) in [4.78, 5) is 15.2. The normalized spacial score (nSPS) is 10.4. The molecule has 0 fully saturated rings. The summed E-state index contributed by atoms with van der Waals surface area (Å²) in [6.45, 7) is 1.21. The number of nitrogen functional groups attached to an aromatic ring is 1. The Balaban J connectivity index is 1.70. The van der Waals surface area contributed by atoms with Crippen LogP contribution in [0.4, 0.5) is 5.95 Å². The summed E-state index contributed by atoms with van der Waals surface area (Å²) < 4.78 is 1.69. The fraction of sp³-hybridized carbons (Fsp3) is 0.375. The number of nitrogens with one attached hydrogen (secondary N) is 2. The molecule has 0 aliphatic rings. The van der Waals surface area contributed by atoms with Crippen LogP contribution in [0.3, 0.4) is 0 Å². The van der Waals surface area contributed by atoms with E-state index in [1.165, 1.54) is 0 Å². The van der Waals surface area contributed by atoms with Gasteiger partial charge in [0.05, 0.1) is 6.20 Å². The zero-order valence-corrected chi connectivity index (χ0v) is 9.00. The zero-order valence-electron chi connectivity index (χ0n) is 9.00. The highest BCUT2D eigenvalue weighted by atomic mass is 16.2. The van der Waals surface area contributed by atoms with Gasteiger partial charge < -0.3 is 11.1 Å². The van der Waals surface area contributed by atoms with Gasteiger partial charge in [-0.1, -0.05) is 5.21 Å². The predicted molar refractivity (Wildman–Crippen MR) is 57.8 cm³/mol. The van der Waals surface area contributed by atoms with Gasteiger partial charge in [-0.15, -0.1) is 10.2 Å². The molecule has 0 radical (unpaired) electrons. The van der Waals surface area contributed by atoms with Crippen molar-refractivity contribution in [2.45, 2.75) is 13.0 Å². The number of anilines is 1. The topological polar surface area (TPSA) is 127 Å². The highest BCUT2D eigenvalue weighted by Crippen LogP contribution is 1.93. The van der Waals surface area contributed by atoms with Crippen LogP contribution in [0.5, 0.6) is 0 Å². The molecule has 0 saturated heterocycles. The lowest BCUT2D eigenvalue weighted by atomic mass is 10.4. The van der Waals surface area contributed by atoms with Crippen LogP contribution in [-0.4, -0.2) is 42.6 Å². The molecule has 0 saturated carbocycles. The second-order valence-electron chi connectivity index (χ2n) is 3.32. The maximum Gasteiger partial charge on any atom is 0.288 e. The minimum atomic E-state index is -0.326. The van der Waals surface area contributed by atoms with Crippen LogP contribution in [0.15, 0.2) is 12.4 Å². The molecule has 0 spiro atoms. The van der Waals surface area contributed by atoms with E-state index < -0.39 is 0 Å². The number of hydrogen-bond donors (Lipinski definition) is 3. The number of nitrogens with two attached hydrogens (primary N) is 1. The number of nitrogens with zero attached hydrogens (tertiary/aromatic N) is 5. The Morgan fingerprint density at radius 2 is 2.47 bits per heavy atom. The Morgan fingerprint density at radius 3 is 3.12 bits per heavy atom. The number of aromatic nitrogens is 6. The fourth-order valence-corrected chi connectivity index (χ4v) is 1.26. The summed E-state index contributed by atoms with van der Waals surface area (Å²) >= 11 is 0. The summed E-state index contributed by atoms with van der Waals surface area (Å²) in [6, 6.07) is 0. The predicted octanol–water partition coefficient (Wildman–Crippen LogP) is -1.20. The van der Waals surface area contributed by atoms with E-state index in [4.69, 9.17) is 5.73 Å². The number of aromatic amines is 1. The van der Waals surface area contributed by atoms with Crippen molar-refractivity contribution in [3.05, 3.63) is 18.2 Å². The lowest BCUT2D eigenvalue weighted by Gasteiger charge is -2.02. The first kappa shape index (κ1) is 11.0. The molecule has 9 heteroatoms. The van der Waals surface area contributed by atoms with Crippen LogP contribution in [0.2, 0.25) is 0 Å². The first-order chi connectivity index (χ1) is 8.25. The van der Waals surface area contributed by atoms with E-state index >= 15 is 0 Å². The molecule has 0 bridgehead atoms. The van der Waals surface area contributed by atoms with Gasteiger partial charge >= 0.3 is 0 Å². The van der Waals surface area contributed by atoms with Crippen LogP contribution in [-0.2, 0) is 6.54 Å². The van der Waals surface area contributed by atoms with Crippen molar-refractivity contribution in [3.63, 3.8) is 0 Å². The number of hydrogen-bond acceptors (Lipinski definition) is 6. The molecule has 9 nitrogen and oxygen atoms in total.